The lowest BCUT2D eigenvalue weighted by atomic mass is 10.2. The number of aromatic nitrogens is 2. The number of alkyl halides is 4. The standard InChI is InChI=1S/C8H10BrF3N2/c1-5(9)3-6-4-7(8(10,11)12)13-14(6)2/h4-5H,3H2,1-2H3. The first-order chi connectivity index (χ1) is 6.30. The van der Waals surface area contributed by atoms with Gasteiger partial charge in [0.1, 0.15) is 0 Å². The van der Waals surface area contributed by atoms with Gasteiger partial charge < -0.3 is 0 Å². The molecule has 0 amide bonds. The monoisotopic (exact) mass is 270 g/mol. The first-order valence-electron chi connectivity index (χ1n) is 4.05. The van der Waals surface area contributed by atoms with Crippen molar-refractivity contribution in [2.75, 3.05) is 0 Å². The molecule has 0 bridgehead atoms. The van der Waals surface area contributed by atoms with E-state index in [-0.39, 0.29) is 4.83 Å². The first kappa shape index (κ1) is 11.6. The largest absolute Gasteiger partial charge is 0.435 e. The Hall–Kier alpha value is -0.520. The summed E-state index contributed by atoms with van der Waals surface area (Å²) in [5.41, 5.74) is -0.259. The van der Waals surface area contributed by atoms with Crippen molar-refractivity contribution in [3.05, 3.63) is 17.5 Å². The molecule has 0 aliphatic carbocycles. The molecule has 0 N–H and O–H groups in total. The van der Waals surface area contributed by atoms with E-state index >= 15 is 0 Å². The second-order valence-electron chi connectivity index (χ2n) is 3.13. The summed E-state index contributed by atoms with van der Waals surface area (Å²) >= 11 is 3.28. The Bertz CT molecular complexity index is 317. The molecule has 0 spiro atoms. The molecule has 0 saturated heterocycles. The minimum atomic E-state index is -4.36. The Morgan fingerprint density at radius 3 is 2.50 bits per heavy atom. The summed E-state index contributed by atoms with van der Waals surface area (Å²) in [6, 6.07) is 1.08. The molecule has 80 valence electrons. The summed E-state index contributed by atoms with van der Waals surface area (Å²) in [5.74, 6) is 0. The SMILES string of the molecule is CC(Br)Cc1cc(C(F)(F)F)nn1C. The van der Waals surface area contributed by atoms with Crippen LogP contribution in [0.15, 0.2) is 6.07 Å². The molecule has 14 heavy (non-hydrogen) atoms. The lowest BCUT2D eigenvalue weighted by Crippen LogP contribution is -2.06. The molecule has 0 radical (unpaired) electrons. The second kappa shape index (κ2) is 3.92. The Morgan fingerprint density at radius 1 is 1.57 bits per heavy atom. The van der Waals surface area contributed by atoms with E-state index in [0.29, 0.717) is 12.1 Å². The van der Waals surface area contributed by atoms with Gasteiger partial charge in [0, 0.05) is 24.0 Å². The maximum absolute atomic E-state index is 12.2. The van der Waals surface area contributed by atoms with E-state index in [1.54, 1.807) is 0 Å². The van der Waals surface area contributed by atoms with Crippen molar-refractivity contribution in [1.82, 2.24) is 9.78 Å². The minimum absolute atomic E-state index is 0.138. The van der Waals surface area contributed by atoms with Crippen molar-refractivity contribution in [3.8, 4) is 0 Å². The van der Waals surface area contributed by atoms with E-state index in [1.807, 2.05) is 6.92 Å². The van der Waals surface area contributed by atoms with Gasteiger partial charge >= 0.3 is 6.18 Å². The molecule has 1 unspecified atom stereocenters. The van der Waals surface area contributed by atoms with Crippen LogP contribution in [0.25, 0.3) is 0 Å². The maximum atomic E-state index is 12.2. The molecule has 1 aromatic heterocycles. The molecule has 1 rings (SSSR count). The Labute approximate surface area is 88.2 Å². The summed E-state index contributed by atoms with van der Waals surface area (Å²) in [4.78, 5) is 0.138. The van der Waals surface area contributed by atoms with Gasteiger partial charge in [-0.15, -0.1) is 0 Å². The Morgan fingerprint density at radius 2 is 2.14 bits per heavy atom. The summed E-state index contributed by atoms with van der Waals surface area (Å²) < 4.78 is 38.0. The number of hydrogen-bond donors (Lipinski definition) is 0. The molecule has 2 nitrogen and oxygen atoms in total. The summed E-state index contributed by atoms with van der Waals surface area (Å²) in [6.07, 6.45) is -3.83. The van der Waals surface area contributed by atoms with E-state index in [9.17, 15) is 13.2 Å². The van der Waals surface area contributed by atoms with Crippen LogP contribution in [-0.2, 0) is 19.6 Å². The Kier molecular flexibility index (Phi) is 3.24. The third-order valence-corrected chi connectivity index (χ3v) is 2.08. The summed E-state index contributed by atoms with van der Waals surface area (Å²) in [6.45, 7) is 1.88. The fourth-order valence-corrected chi connectivity index (χ4v) is 1.46. The van der Waals surface area contributed by atoms with Crippen LogP contribution in [0.2, 0.25) is 0 Å². The minimum Gasteiger partial charge on any atom is -0.272 e. The van der Waals surface area contributed by atoms with Crippen LogP contribution < -0.4 is 0 Å². The van der Waals surface area contributed by atoms with Crippen LogP contribution in [0.1, 0.15) is 18.3 Å². The smallest absolute Gasteiger partial charge is 0.272 e. The van der Waals surface area contributed by atoms with Gasteiger partial charge in [-0.3, -0.25) is 4.68 Å². The average molecular weight is 271 g/mol. The van der Waals surface area contributed by atoms with Gasteiger partial charge in [-0.1, -0.05) is 22.9 Å². The zero-order valence-electron chi connectivity index (χ0n) is 7.77. The second-order valence-corrected chi connectivity index (χ2v) is 4.69. The van der Waals surface area contributed by atoms with Gasteiger partial charge in [-0.05, 0) is 6.07 Å². The number of halogens is 4. The number of nitrogens with zero attached hydrogens (tertiary/aromatic N) is 2. The molecule has 0 fully saturated rings. The highest BCUT2D eigenvalue weighted by Gasteiger charge is 2.34. The predicted octanol–water partition coefficient (Wildman–Crippen LogP) is 2.76. The average Bonchev–Trinajstić information content (AvgIpc) is 2.30. The highest BCUT2D eigenvalue weighted by atomic mass is 79.9. The zero-order valence-corrected chi connectivity index (χ0v) is 9.35. The third kappa shape index (κ3) is 2.73. The lowest BCUT2D eigenvalue weighted by Gasteiger charge is -2.01. The van der Waals surface area contributed by atoms with Crippen LogP contribution >= 0.6 is 15.9 Å². The summed E-state index contributed by atoms with van der Waals surface area (Å²) in [7, 11) is 1.51. The molecule has 1 atom stereocenters. The van der Waals surface area contributed by atoms with Crippen molar-refractivity contribution in [2.45, 2.75) is 24.3 Å². The van der Waals surface area contributed by atoms with Crippen molar-refractivity contribution < 1.29 is 13.2 Å². The molecular weight excluding hydrogens is 261 g/mol. The van der Waals surface area contributed by atoms with Crippen LogP contribution in [0.3, 0.4) is 0 Å². The molecule has 0 aliphatic heterocycles. The fourth-order valence-electron chi connectivity index (χ4n) is 1.12. The normalized spacial score (nSPS) is 14.4. The third-order valence-electron chi connectivity index (χ3n) is 1.76. The highest BCUT2D eigenvalue weighted by molar-refractivity contribution is 9.09. The summed E-state index contributed by atoms with van der Waals surface area (Å²) in [5, 5.41) is 3.41. The molecular formula is C8H10BrF3N2. The molecule has 0 aliphatic rings. The van der Waals surface area contributed by atoms with Crippen molar-refractivity contribution in [2.24, 2.45) is 7.05 Å². The lowest BCUT2D eigenvalue weighted by molar-refractivity contribution is -0.141. The van der Waals surface area contributed by atoms with E-state index in [0.717, 1.165) is 6.07 Å². The van der Waals surface area contributed by atoms with Crippen LogP contribution in [0.5, 0.6) is 0 Å². The van der Waals surface area contributed by atoms with E-state index in [2.05, 4.69) is 21.0 Å². The van der Waals surface area contributed by atoms with Gasteiger partial charge in [0.25, 0.3) is 0 Å². The van der Waals surface area contributed by atoms with Gasteiger partial charge in [0.15, 0.2) is 5.69 Å². The number of rotatable bonds is 2. The van der Waals surface area contributed by atoms with Crippen molar-refractivity contribution in [1.29, 1.82) is 0 Å². The maximum Gasteiger partial charge on any atom is 0.435 e. The van der Waals surface area contributed by atoms with Crippen molar-refractivity contribution in [3.63, 3.8) is 0 Å². The zero-order chi connectivity index (χ0) is 10.9. The predicted molar refractivity (Wildman–Crippen MR) is 50.3 cm³/mol. The molecule has 6 heteroatoms. The van der Waals surface area contributed by atoms with E-state index in [4.69, 9.17) is 0 Å². The Balaban J connectivity index is 2.94. The first-order valence-corrected chi connectivity index (χ1v) is 4.96. The number of hydrogen-bond acceptors (Lipinski definition) is 1. The van der Waals surface area contributed by atoms with Gasteiger partial charge in [0.05, 0.1) is 0 Å². The van der Waals surface area contributed by atoms with E-state index < -0.39 is 11.9 Å². The van der Waals surface area contributed by atoms with Gasteiger partial charge in [0.2, 0.25) is 0 Å². The molecule has 1 heterocycles. The van der Waals surface area contributed by atoms with Crippen molar-refractivity contribution >= 4 is 15.9 Å². The quantitative estimate of drug-likeness (QED) is 0.756. The van der Waals surface area contributed by atoms with Crippen LogP contribution in [0.4, 0.5) is 13.2 Å². The number of aryl methyl sites for hydroxylation is 1. The highest BCUT2D eigenvalue weighted by Crippen LogP contribution is 2.28. The molecule has 0 aromatic carbocycles. The van der Waals surface area contributed by atoms with Crippen LogP contribution in [-0.4, -0.2) is 14.6 Å². The topological polar surface area (TPSA) is 17.8 Å². The van der Waals surface area contributed by atoms with Gasteiger partial charge in [-0.25, -0.2) is 0 Å². The van der Waals surface area contributed by atoms with Crippen LogP contribution in [0, 0.1) is 0 Å². The molecule has 1 aromatic rings. The molecule has 0 saturated carbocycles. The fraction of sp³-hybridized carbons (Fsp3) is 0.625. The van der Waals surface area contributed by atoms with Gasteiger partial charge in [-0.2, -0.15) is 18.3 Å². The van der Waals surface area contributed by atoms with E-state index in [1.165, 1.54) is 11.7 Å².